The second-order valence-electron chi connectivity index (χ2n) is 4.89. The Labute approximate surface area is 108 Å². The highest BCUT2D eigenvalue weighted by Gasteiger charge is 2.42. The standard InChI is InChI=1S/C14H19NOS/c1-2-11-5-3-4-6-12(11)15-13(16)9-14(10-17)7-8-14/h3-6,17H,2,7-10H2,1H3,(H,15,16). The van der Waals surface area contributed by atoms with Gasteiger partial charge in [0.2, 0.25) is 5.91 Å². The Morgan fingerprint density at radius 3 is 2.71 bits per heavy atom. The Balaban J connectivity index is 1.98. The van der Waals surface area contributed by atoms with E-state index in [9.17, 15) is 4.79 Å². The van der Waals surface area contributed by atoms with E-state index in [2.05, 4.69) is 30.9 Å². The summed E-state index contributed by atoms with van der Waals surface area (Å²) in [6.07, 6.45) is 3.82. The maximum Gasteiger partial charge on any atom is 0.224 e. The van der Waals surface area contributed by atoms with Crippen LogP contribution in [0.4, 0.5) is 5.69 Å². The molecule has 0 heterocycles. The van der Waals surface area contributed by atoms with Crippen LogP contribution in [-0.4, -0.2) is 11.7 Å². The first-order chi connectivity index (χ1) is 8.19. The smallest absolute Gasteiger partial charge is 0.224 e. The van der Waals surface area contributed by atoms with E-state index in [-0.39, 0.29) is 11.3 Å². The van der Waals surface area contributed by atoms with Crippen molar-refractivity contribution in [2.24, 2.45) is 5.41 Å². The predicted molar refractivity (Wildman–Crippen MR) is 74.6 cm³/mol. The van der Waals surface area contributed by atoms with Crippen LogP contribution in [0.1, 0.15) is 31.7 Å². The van der Waals surface area contributed by atoms with Gasteiger partial charge < -0.3 is 5.32 Å². The molecule has 92 valence electrons. The van der Waals surface area contributed by atoms with Gasteiger partial charge in [-0.15, -0.1) is 0 Å². The zero-order chi connectivity index (χ0) is 12.3. The van der Waals surface area contributed by atoms with Gasteiger partial charge in [-0.1, -0.05) is 25.1 Å². The van der Waals surface area contributed by atoms with E-state index in [4.69, 9.17) is 0 Å². The minimum Gasteiger partial charge on any atom is -0.326 e. The fourth-order valence-electron chi connectivity index (χ4n) is 2.05. The summed E-state index contributed by atoms with van der Waals surface area (Å²) in [5.74, 6) is 0.938. The molecule has 0 aromatic heterocycles. The highest BCUT2D eigenvalue weighted by atomic mass is 32.1. The monoisotopic (exact) mass is 249 g/mol. The molecule has 1 aliphatic carbocycles. The van der Waals surface area contributed by atoms with Crippen molar-refractivity contribution in [2.45, 2.75) is 32.6 Å². The number of carbonyl (C=O) groups is 1. The second-order valence-corrected chi connectivity index (χ2v) is 5.21. The van der Waals surface area contributed by atoms with Gasteiger partial charge >= 0.3 is 0 Å². The highest BCUT2D eigenvalue weighted by molar-refractivity contribution is 7.80. The van der Waals surface area contributed by atoms with Crippen LogP contribution >= 0.6 is 12.6 Å². The van der Waals surface area contributed by atoms with E-state index < -0.39 is 0 Å². The van der Waals surface area contributed by atoms with Crippen LogP contribution in [0.5, 0.6) is 0 Å². The molecular formula is C14H19NOS. The highest BCUT2D eigenvalue weighted by Crippen LogP contribution is 2.49. The second kappa shape index (κ2) is 5.13. The summed E-state index contributed by atoms with van der Waals surface area (Å²) in [6, 6.07) is 7.99. The van der Waals surface area contributed by atoms with Crippen LogP contribution in [0, 0.1) is 5.41 Å². The number of rotatable bonds is 5. The molecule has 0 unspecified atom stereocenters. The topological polar surface area (TPSA) is 29.1 Å². The molecule has 1 amide bonds. The number of carbonyl (C=O) groups excluding carboxylic acids is 1. The molecule has 1 aliphatic rings. The van der Waals surface area contributed by atoms with Crippen molar-refractivity contribution in [3.63, 3.8) is 0 Å². The van der Waals surface area contributed by atoms with Gasteiger partial charge in [-0.3, -0.25) is 4.79 Å². The van der Waals surface area contributed by atoms with Gasteiger partial charge in [-0.25, -0.2) is 0 Å². The summed E-state index contributed by atoms with van der Waals surface area (Å²) >= 11 is 4.32. The number of hydrogen-bond donors (Lipinski definition) is 2. The van der Waals surface area contributed by atoms with Crippen LogP contribution in [0.3, 0.4) is 0 Å². The average molecular weight is 249 g/mol. The van der Waals surface area contributed by atoms with Crippen molar-refractivity contribution < 1.29 is 4.79 Å². The van der Waals surface area contributed by atoms with Crippen molar-refractivity contribution in [3.8, 4) is 0 Å². The predicted octanol–water partition coefficient (Wildman–Crippen LogP) is 3.29. The van der Waals surface area contributed by atoms with Crippen molar-refractivity contribution in [2.75, 3.05) is 11.1 Å². The first-order valence-electron chi connectivity index (χ1n) is 6.18. The number of thiol groups is 1. The third-order valence-electron chi connectivity index (χ3n) is 3.50. The molecular weight excluding hydrogens is 230 g/mol. The molecule has 2 rings (SSSR count). The SMILES string of the molecule is CCc1ccccc1NC(=O)CC1(CS)CC1. The molecule has 0 radical (unpaired) electrons. The Bertz CT molecular complexity index is 412. The number of nitrogens with one attached hydrogen (secondary N) is 1. The lowest BCUT2D eigenvalue weighted by molar-refractivity contribution is -0.117. The minimum atomic E-state index is 0.123. The first kappa shape index (κ1) is 12.5. The normalized spacial score (nSPS) is 16.6. The molecule has 1 N–H and O–H groups in total. The quantitative estimate of drug-likeness (QED) is 0.770. The van der Waals surface area contributed by atoms with E-state index in [1.165, 1.54) is 5.56 Å². The summed E-state index contributed by atoms with van der Waals surface area (Å²) in [4.78, 5) is 12.0. The summed E-state index contributed by atoms with van der Waals surface area (Å²) in [5, 5.41) is 3.02. The number of anilines is 1. The van der Waals surface area contributed by atoms with Crippen molar-refractivity contribution in [1.82, 2.24) is 0 Å². The molecule has 17 heavy (non-hydrogen) atoms. The summed E-state index contributed by atoms with van der Waals surface area (Å²) in [5.41, 5.74) is 2.33. The van der Waals surface area contributed by atoms with Gasteiger partial charge in [0.1, 0.15) is 0 Å². The van der Waals surface area contributed by atoms with Gasteiger partial charge in [0.25, 0.3) is 0 Å². The van der Waals surface area contributed by atoms with Gasteiger partial charge in [0.05, 0.1) is 0 Å². The van der Waals surface area contributed by atoms with Gasteiger partial charge in [0, 0.05) is 12.1 Å². The van der Waals surface area contributed by atoms with E-state index in [0.29, 0.717) is 6.42 Å². The fourth-order valence-corrected chi connectivity index (χ4v) is 2.48. The molecule has 0 bridgehead atoms. The van der Waals surface area contributed by atoms with Crippen LogP contribution in [0.25, 0.3) is 0 Å². The summed E-state index contributed by atoms with van der Waals surface area (Å²) in [7, 11) is 0. The Morgan fingerprint density at radius 2 is 2.12 bits per heavy atom. The zero-order valence-electron chi connectivity index (χ0n) is 10.2. The summed E-state index contributed by atoms with van der Waals surface area (Å²) < 4.78 is 0. The number of aryl methyl sites for hydroxylation is 1. The van der Waals surface area contributed by atoms with Crippen LogP contribution < -0.4 is 5.32 Å². The molecule has 0 aliphatic heterocycles. The van der Waals surface area contributed by atoms with E-state index in [1.54, 1.807) is 0 Å². The third-order valence-corrected chi connectivity index (χ3v) is 4.17. The molecule has 2 nitrogen and oxygen atoms in total. The first-order valence-corrected chi connectivity index (χ1v) is 6.81. The van der Waals surface area contributed by atoms with Crippen LogP contribution in [-0.2, 0) is 11.2 Å². The Hall–Kier alpha value is -0.960. The fraction of sp³-hybridized carbons (Fsp3) is 0.500. The lowest BCUT2D eigenvalue weighted by Gasteiger charge is -2.13. The molecule has 0 spiro atoms. The van der Waals surface area contributed by atoms with Crippen molar-refractivity contribution in [3.05, 3.63) is 29.8 Å². The minimum absolute atomic E-state index is 0.123. The number of hydrogen-bond acceptors (Lipinski definition) is 2. The van der Waals surface area contributed by atoms with Gasteiger partial charge in [0.15, 0.2) is 0 Å². The maximum atomic E-state index is 12.0. The molecule has 1 fully saturated rings. The number of amides is 1. The number of benzene rings is 1. The Kier molecular flexibility index (Phi) is 3.77. The molecule has 1 aromatic rings. The zero-order valence-corrected chi connectivity index (χ0v) is 11.1. The average Bonchev–Trinajstić information content (AvgIpc) is 3.10. The molecule has 0 atom stereocenters. The lowest BCUT2D eigenvalue weighted by Crippen LogP contribution is -2.19. The van der Waals surface area contributed by atoms with Crippen molar-refractivity contribution in [1.29, 1.82) is 0 Å². The van der Waals surface area contributed by atoms with E-state index in [0.717, 1.165) is 30.7 Å². The molecule has 3 heteroatoms. The van der Waals surface area contributed by atoms with E-state index >= 15 is 0 Å². The lowest BCUT2D eigenvalue weighted by atomic mass is 10.0. The molecule has 1 saturated carbocycles. The van der Waals surface area contributed by atoms with Crippen LogP contribution in [0.2, 0.25) is 0 Å². The summed E-state index contributed by atoms with van der Waals surface area (Å²) in [6.45, 7) is 2.10. The molecule has 1 aromatic carbocycles. The third kappa shape index (κ3) is 3.03. The maximum absolute atomic E-state index is 12.0. The largest absolute Gasteiger partial charge is 0.326 e. The van der Waals surface area contributed by atoms with Crippen LogP contribution in [0.15, 0.2) is 24.3 Å². The van der Waals surface area contributed by atoms with E-state index in [1.807, 2.05) is 18.2 Å². The van der Waals surface area contributed by atoms with Crippen molar-refractivity contribution >= 4 is 24.2 Å². The molecule has 0 saturated heterocycles. The van der Waals surface area contributed by atoms with Gasteiger partial charge in [-0.05, 0) is 42.1 Å². The van der Waals surface area contributed by atoms with Gasteiger partial charge in [-0.2, -0.15) is 12.6 Å². The number of para-hydroxylation sites is 1. The Morgan fingerprint density at radius 1 is 1.41 bits per heavy atom.